The zero-order chi connectivity index (χ0) is 19.8. The maximum atomic E-state index is 14.4. The van der Waals surface area contributed by atoms with Crippen LogP contribution in [0.5, 0.6) is 0 Å². The van der Waals surface area contributed by atoms with Crippen molar-refractivity contribution in [1.29, 1.82) is 0 Å². The first kappa shape index (κ1) is 20.3. The molecule has 0 aromatic heterocycles. The molecule has 2 saturated heterocycles. The molecule has 0 radical (unpaired) electrons. The van der Waals surface area contributed by atoms with E-state index in [0.717, 1.165) is 38.6 Å². The maximum absolute atomic E-state index is 14.4. The molecule has 1 aromatic carbocycles. The second kappa shape index (κ2) is 7.55. The van der Waals surface area contributed by atoms with Crippen LogP contribution in [-0.4, -0.2) is 41.7 Å². The van der Waals surface area contributed by atoms with Crippen molar-refractivity contribution >= 4 is 18.5 Å². The van der Waals surface area contributed by atoms with E-state index in [1.54, 1.807) is 6.07 Å². The predicted octanol–water partition coefficient (Wildman–Crippen LogP) is 3.92. The Morgan fingerprint density at radius 3 is 2.48 bits per heavy atom. The van der Waals surface area contributed by atoms with E-state index in [2.05, 4.69) is 6.92 Å². The van der Waals surface area contributed by atoms with Gasteiger partial charge in [0, 0.05) is 18.2 Å². The Kier molecular flexibility index (Phi) is 5.69. The van der Waals surface area contributed by atoms with Crippen molar-refractivity contribution in [3.05, 3.63) is 29.6 Å². The molecular formula is C21H31BFNO3. The summed E-state index contributed by atoms with van der Waals surface area (Å²) in [5, 5.41) is 0. The molecule has 0 unspecified atom stereocenters. The Morgan fingerprint density at radius 2 is 1.85 bits per heavy atom. The Balaban J connectivity index is 1.86. The van der Waals surface area contributed by atoms with E-state index >= 15 is 0 Å². The van der Waals surface area contributed by atoms with Gasteiger partial charge in [0.2, 0.25) is 0 Å². The van der Waals surface area contributed by atoms with Crippen molar-refractivity contribution in [3.63, 3.8) is 0 Å². The Labute approximate surface area is 162 Å². The summed E-state index contributed by atoms with van der Waals surface area (Å²) in [6.07, 6.45) is 5.21. The normalized spacial score (nSPS) is 24.3. The Bertz CT molecular complexity index is 689. The number of piperidine rings is 1. The van der Waals surface area contributed by atoms with Crippen LogP contribution in [0.1, 0.15) is 77.1 Å². The average Bonchev–Trinajstić information content (AvgIpc) is 2.82. The van der Waals surface area contributed by atoms with Gasteiger partial charge in [-0.1, -0.05) is 13.3 Å². The van der Waals surface area contributed by atoms with Crippen LogP contribution in [0.3, 0.4) is 0 Å². The van der Waals surface area contributed by atoms with E-state index in [4.69, 9.17) is 9.31 Å². The zero-order valence-corrected chi connectivity index (χ0v) is 17.2. The number of amides is 1. The summed E-state index contributed by atoms with van der Waals surface area (Å²) in [5.41, 5.74) is -0.0794. The van der Waals surface area contributed by atoms with Gasteiger partial charge in [0.15, 0.2) is 0 Å². The van der Waals surface area contributed by atoms with Crippen LogP contribution in [-0.2, 0) is 9.31 Å². The van der Waals surface area contributed by atoms with Crippen LogP contribution >= 0.6 is 0 Å². The van der Waals surface area contributed by atoms with Gasteiger partial charge in [0.1, 0.15) is 5.82 Å². The molecule has 1 atom stereocenters. The fourth-order valence-electron chi connectivity index (χ4n) is 3.92. The number of likely N-dealkylation sites (tertiary alicyclic amines) is 1. The van der Waals surface area contributed by atoms with Gasteiger partial charge in [-0.15, -0.1) is 0 Å². The van der Waals surface area contributed by atoms with Crippen molar-refractivity contribution in [2.24, 2.45) is 0 Å². The SMILES string of the molecule is CCC[C@@H]1CCCCN1C(=O)c1cc(F)cc(B2OC(C)(C)C(C)(C)O2)c1. The van der Waals surface area contributed by atoms with Crippen molar-refractivity contribution < 1.29 is 18.5 Å². The maximum Gasteiger partial charge on any atom is 0.494 e. The zero-order valence-electron chi connectivity index (χ0n) is 17.2. The van der Waals surface area contributed by atoms with E-state index < -0.39 is 24.1 Å². The number of hydrogen-bond acceptors (Lipinski definition) is 3. The molecule has 0 saturated carbocycles. The molecule has 1 amide bonds. The third kappa shape index (κ3) is 4.07. The van der Waals surface area contributed by atoms with Crippen molar-refractivity contribution in [2.75, 3.05) is 6.54 Å². The number of carbonyl (C=O) groups excluding carboxylic acids is 1. The first-order valence-electron chi connectivity index (χ1n) is 10.1. The lowest BCUT2D eigenvalue weighted by atomic mass is 9.78. The average molecular weight is 375 g/mol. The van der Waals surface area contributed by atoms with Crippen molar-refractivity contribution in [2.45, 2.75) is 84.0 Å². The van der Waals surface area contributed by atoms with Crippen LogP contribution in [0.2, 0.25) is 0 Å². The number of hydrogen-bond donors (Lipinski definition) is 0. The minimum atomic E-state index is -0.676. The van der Waals surface area contributed by atoms with Crippen LogP contribution in [0.4, 0.5) is 4.39 Å². The minimum Gasteiger partial charge on any atom is -0.399 e. The van der Waals surface area contributed by atoms with Gasteiger partial charge < -0.3 is 14.2 Å². The molecule has 0 aliphatic carbocycles. The molecule has 2 aliphatic heterocycles. The summed E-state index contributed by atoms with van der Waals surface area (Å²) in [4.78, 5) is 15.1. The molecule has 0 spiro atoms. The monoisotopic (exact) mass is 375 g/mol. The van der Waals surface area contributed by atoms with Crippen LogP contribution in [0.25, 0.3) is 0 Å². The van der Waals surface area contributed by atoms with E-state index in [1.165, 1.54) is 12.1 Å². The summed E-state index contributed by atoms with van der Waals surface area (Å²) in [5.74, 6) is -0.528. The van der Waals surface area contributed by atoms with Crippen LogP contribution in [0, 0.1) is 5.82 Å². The smallest absolute Gasteiger partial charge is 0.399 e. The standard InChI is InChI=1S/C21H31BFNO3/c1-6-9-18-10-7-8-11-24(18)19(25)15-12-16(14-17(23)13-15)22-26-20(2,3)21(4,5)27-22/h12-14,18H,6-11H2,1-5H3/t18-/m1/s1. The lowest BCUT2D eigenvalue weighted by Gasteiger charge is -2.36. The lowest BCUT2D eigenvalue weighted by molar-refractivity contribution is 0.00578. The summed E-state index contributed by atoms with van der Waals surface area (Å²) in [6, 6.07) is 4.71. The van der Waals surface area contributed by atoms with Gasteiger partial charge in [-0.05, 0) is 77.0 Å². The minimum absolute atomic E-state index is 0.0922. The molecule has 1 aromatic rings. The third-order valence-corrected chi connectivity index (χ3v) is 6.20. The van der Waals surface area contributed by atoms with Gasteiger partial charge >= 0.3 is 7.12 Å². The van der Waals surface area contributed by atoms with Gasteiger partial charge in [0.25, 0.3) is 5.91 Å². The quantitative estimate of drug-likeness (QED) is 0.749. The van der Waals surface area contributed by atoms with Crippen molar-refractivity contribution in [1.82, 2.24) is 4.90 Å². The largest absolute Gasteiger partial charge is 0.494 e. The highest BCUT2D eigenvalue weighted by atomic mass is 19.1. The Morgan fingerprint density at radius 1 is 1.19 bits per heavy atom. The van der Waals surface area contributed by atoms with E-state index in [0.29, 0.717) is 11.0 Å². The molecule has 27 heavy (non-hydrogen) atoms. The van der Waals surface area contributed by atoms with Crippen LogP contribution < -0.4 is 5.46 Å². The highest BCUT2D eigenvalue weighted by molar-refractivity contribution is 6.62. The van der Waals surface area contributed by atoms with E-state index in [1.807, 2.05) is 32.6 Å². The number of rotatable bonds is 4. The third-order valence-electron chi connectivity index (χ3n) is 6.20. The molecule has 0 bridgehead atoms. The number of carbonyl (C=O) groups is 1. The van der Waals surface area contributed by atoms with Crippen LogP contribution in [0.15, 0.2) is 18.2 Å². The lowest BCUT2D eigenvalue weighted by Crippen LogP contribution is -2.44. The fraction of sp³-hybridized carbons (Fsp3) is 0.667. The van der Waals surface area contributed by atoms with Crippen molar-refractivity contribution in [3.8, 4) is 0 Å². The molecule has 4 nitrogen and oxygen atoms in total. The second-order valence-electron chi connectivity index (χ2n) is 8.80. The van der Waals surface area contributed by atoms with Gasteiger partial charge in [-0.3, -0.25) is 4.79 Å². The predicted molar refractivity (Wildman–Crippen MR) is 106 cm³/mol. The molecule has 2 heterocycles. The topological polar surface area (TPSA) is 38.8 Å². The Hall–Kier alpha value is -1.40. The van der Waals surface area contributed by atoms with E-state index in [9.17, 15) is 9.18 Å². The summed E-state index contributed by atoms with van der Waals surface area (Å²) in [6.45, 7) is 10.7. The molecule has 148 valence electrons. The number of nitrogens with zero attached hydrogens (tertiary/aromatic N) is 1. The molecule has 6 heteroatoms. The molecule has 2 fully saturated rings. The molecular weight excluding hydrogens is 344 g/mol. The first-order chi connectivity index (χ1) is 12.6. The van der Waals surface area contributed by atoms with Gasteiger partial charge in [-0.25, -0.2) is 4.39 Å². The molecule has 0 N–H and O–H groups in total. The fourth-order valence-corrected chi connectivity index (χ4v) is 3.92. The summed E-state index contributed by atoms with van der Waals surface area (Å²) < 4.78 is 26.4. The molecule has 2 aliphatic rings. The first-order valence-corrected chi connectivity index (χ1v) is 10.1. The second-order valence-corrected chi connectivity index (χ2v) is 8.80. The molecule has 3 rings (SSSR count). The number of benzene rings is 1. The summed E-state index contributed by atoms with van der Waals surface area (Å²) >= 11 is 0. The summed E-state index contributed by atoms with van der Waals surface area (Å²) in [7, 11) is -0.676. The van der Waals surface area contributed by atoms with Gasteiger partial charge in [0.05, 0.1) is 11.2 Å². The van der Waals surface area contributed by atoms with E-state index in [-0.39, 0.29) is 11.9 Å². The number of halogens is 1. The van der Waals surface area contributed by atoms with Gasteiger partial charge in [-0.2, -0.15) is 0 Å². The highest BCUT2D eigenvalue weighted by Crippen LogP contribution is 2.36. The highest BCUT2D eigenvalue weighted by Gasteiger charge is 2.51.